The number of nitrogens with zero attached hydrogens (tertiary/aromatic N) is 2. The van der Waals surface area contributed by atoms with Crippen LogP contribution in [0.5, 0.6) is 0 Å². The summed E-state index contributed by atoms with van der Waals surface area (Å²) in [7, 11) is 1.98. The van der Waals surface area contributed by atoms with Gasteiger partial charge in [0.05, 0.1) is 5.52 Å². The van der Waals surface area contributed by atoms with E-state index in [9.17, 15) is 0 Å². The Morgan fingerprint density at radius 1 is 1.06 bits per heavy atom. The van der Waals surface area contributed by atoms with E-state index in [1.165, 1.54) is 90.8 Å². The molecule has 6 heteroatoms. The zero-order valence-electron chi connectivity index (χ0n) is 21.8. The zero-order valence-corrected chi connectivity index (χ0v) is 23.4. The molecule has 4 nitrogen and oxygen atoms in total. The highest BCUT2D eigenvalue weighted by molar-refractivity contribution is 7.97. The molecule has 2 N–H and O–H groups in total. The first-order valence-electron chi connectivity index (χ1n) is 13.6. The number of para-hydroxylation sites is 1. The number of aryl methyl sites for hydroxylation is 2. The molecule has 2 aromatic carbocycles. The first kappa shape index (κ1) is 26.1. The lowest BCUT2D eigenvalue weighted by Crippen LogP contribution is -2.37. The Morgan fingerprint density at radius 3 is 2.78 bits per heavy atom. The first-order valence-corrected chi connectivity index (χ1v) is 15.2. The molecule has 1 atom stereocenters. The molecule has 2 fully saturated rings. The number of piperidine rings is 1. The van der Waals surface area contributed by atoms with Crippen molar-refractivity contribution in [2.45, 2.75) is 74.1 Å². The normalized spacial score (nSPS) is 19.9. The van der Waals surface area contributed by atoms with Gasteiger partial charge in [0.15, 0.2) is 0 Å². The number of aromatic nitrogens is 1. The van der Waals surface area contributed by atoms with Crippen LogP contribution < -0.4 is 10.0 Å². The molecule has 0 amide bonds. The molecule has 1 spiro atoms. The molecule has 192 valence electrons. The van der Waals surface area contributed by atoms with E-state index >= 15 is 0 Å². The van der Waals surface area contributed by atoms with E-state index in [4.69, 9.17) is 4.98 Å². The topological polar surface area (TPSA) is 40.2 Å². The molecule has 1 saturated carbocycles. The average Bonchev–Trinajstić information content (AvgIpc) is 3.30. The lowest BCUT2D eigenvalue weighted by atomic mass is 9.77. The summed E-state index contributed by atoms with van der Waals surface area (Å²) in [5, 5.41) is 5.19. The second kappa shape index (κ2) is 12.3. The average molecular weight is 521 g/mol. The number of nitrogens with one attached hydrogen (secondary N) is 2. The Kier molecular flexibility index (Phi) is 8.91. The summed E-state index contributed by atoms with van der Waals surface area (Å²) in [6.07, 6.45) is 12.5. The molecule has 1 unspecified atom stereocenters. The summed E-state index contributed by atoms with van der Waals surface area (Å²) in [6, 6.07) is 18.1. The number of pyridine rings is 1. The van der Waals surface area contributed by atoms with Gasteiger partial charge in [-0.25, -0.2) is 4.31 Å². The standard InChI is InChI=1S/C30H40N4S2/c1-23-27-11-3-4-12-28(27)33-22-29(23)36-34-18-15-30(16-19-34)14-13-25(21-30)32-17-6-5-8-24-9-7-10-26(20-24)35-31-2/h3-4,7,9-12,20,22,25,31-32H,5-6,8,13-19,21H2,1-2H3. The van der Waals surface area contributed by atoms with Crippen LogP contribution in [0.15, 0.2) is 64.5 Å². The minimum absolute atomic E-state index is 0.566. The number of fused-ring (bicyclic) bond motifs is 1. The summed E-state index contributed by atoms with van der Waals surface area (Å²) in [5.41, 5.74) is 4.48. The van der Waals surface area contributed by atoms with Gasteiger partial charge in [0, 0.05) is 40.5 Å². The van der Waals surface area contributed by atoms with Crippen molar-refractivity contribution in [1.29, 1.82) is 0 Å². The third-order valence-corrected chi connectivity index (χ3v) is 10.1. The van der Waals surface area contributed by atoms with E-state index in [1.807, 2.05) is 19.0 Å². The van der Waals surface area contributed by atoms with Crippen molar-refractivity contribution in [3.8, 4) is 0 Å². The minimum atomic E-state index is 0.566. The van der Waals surface area contributed by atoms with Gasteiger partial charge in [-0.3, -0.25) is 9.71 Å². The first-order chi connectivity index (χ1) is 17.6. The van der Waals surface area contributed by atoms with Crippen molar-refractivity contribution >= 4 is 34.8 Å². The summed E-state index contributed by atoms with van der Waals surface area (Å²) < 4.78 is 5.74. The fraction of sp³-hybridized carbons (Fsp3) is 0.500. The van der Waals surface area contributed by atoms with Crippen molar-refractivity contribution in [1.82, 2.24) is 19.3 Å². The molecule has 1 saturated heterocycles. The van der Waals surface area contributed by atoms with Crippen LogP contribution in [0.25, 0.3) is 10.9 Å². The van der Waals surface area contributed by atoms with E-state index < -0.39 is 0 Å². The maximum atomic E-state index is 4.70. The monoisotopic (exact) mass is 520 g/mol. The summed E-state index contributed by atoms with van der Waals surface area (Å²) in [6.45, 7) is 5.77. The van der Waals surface area contributed by atoms with Crippen LogP contribution in [0.3, 0.4) is 0 Å². The van der Waals surface area contributed by atoms with Gasteiger partial charge < -0.3 is 5.32 Å². The fourth-order valence-corrected chi connectivity index (χ4v) is 7.60. The van der Waals surface area contributed by atoms with Gasteiger partial charge in [-0.1, -0.05) is 30.3 Å². The summed E-state index contributed by atoms with van der Waals surface area (Å²) in [5.74, 6) is 0. The van der Waals surface area contributed by atoms with Crippen LogP contribution in [-0.2, 0) is 6.42 Å². The quantitative estimate of drug-likeness (QED) is 0.221. The van der Waals surface area contributed by atoms with Crippen LogP contribution in [-0.4, -0.2) is 42.0 Å². The van der Waals surface area contributed by atoms with Crippen LogP contribution >= 0.6 is 23.9 Å². The van der Waals surface area contributed by atoms with Crippen molar-refractivity contribution in [3.63, 3.8) is 0 Å². The maximum absolute atomic E-state index is 4.70. The van der Waals surface area contributed by atoms with Gasteiger partial charge in [0.2, 0.25) is 0 Å². The maximum Gasteiger partial charge on any atom is 0.0705 e. The molecule has 2 aliphatic rings. The second-order valence-electron chi connectivity index (χ2n) is 10.6. The molecule has 1 aliphatic carbocycles. The van der Waals surface area contributed by atoms with Crippen LogP contribution in [0.2, 0.25) is 0 Å². The van der Waals surface area contributed by atoms with Crippen molar-refractivity contribution in [2.24, 2.45) is 5.41 Å². The van der Waals surface area contributed by atoms with Gasteiger partial charge in [0.1, 0.15) is 0 Å². The number of rotatable bonds is 10. The summed E-state index contributed by atoms with van der Waals surface area (Å²) in [4.78, 5) is 7.31. The van der Waals surface area contributed by atoms with Crippen LogP contribution in [0.4, 0.5) is 0 Å². The number of benzene rings is 2. The number of hydrogen-bond acceptors (Lipinski definition) is 6. The predicted molar refractivity (Wildman–Crippen MR) is 156 cm³/mol. The molecular formula is C30H40N4S2. The Hall–Kier alpha value is -1.57. The van der Waals surface area contributed by atoms with Gasteiger partial charge in [0.25, 0.3) is 0 Å². The Morgan fingerprint density at radius 2 is 1.92 bits per heavy atom. The van der Waals surface area contributed by atoms with Gasteiger partial charge in [-0.2, -0.15) is 0 Å². The SMILES string of the molecule is CNSc1cccc(CCCCNC2CCC3(CCN(Sc4cnc5ccccc5c4C)CC3)C2)c1. The molecular weight excluding hydrogens is 480 g/mol. The lowest BCUT2D eigenvalue weighted by molar-refractivity contribution is 0.163. The lowest BCUT2D eigenvalue weighted by Gasteiger charge is -2.39. The Bertz CT molecular complexity index is 1140. The van der Waals surface area contributed by atoms with Crippen molar-refractivity contribution in [2.75, 3.05) is 26.7 Å². The minimum Gasteiger partial charge on any atom is -0.314 e. The zero-order chi connectivity index (χ0) is 24.8. The third kappa shape index (κ3) is 6.46. The van der Waals surface area contributed by atoms with Gasteiger partial charge in [-0.15, -0.1) is 0 Å². The largest absolute Gasteiger partial charge is 0.314 e. The number of unbranched alkanes of at least 4 members (excludes halogenated alkanes) is 1. The van der Waals surface area contributed by atoms with Gasteiger partial charge >= 0.3 is 0 Å². The molecule has 1 aliphatic heterocycles. The van der Waals surface area contributed by atoms with E-state index in [-0.39, 0.29) is 0 Å². The highest BCUT2D eigenvalue weighted by atomic mass is 32.2. The van der Waals surface area contributed by atoms with Crippen molar-refractivity contribution < 1.29 is 0 Å². The molecule has 1 aromatic heterocycles. The third-order valence-electron chi connectivity index (χ3n) is 8.16. The molecule has 5 rings (SSSR count). The number of hydrogen-bond donors (Lipinski definition) is 2. The highest BCUT2D eigenvalue weighted by Crippen LogP contribution is 2.47. The molecule has 0 radical (unpaired) electrons. The second-order valence-corrected chi connectivity index (χ2v) is 12.8. The van der Waals surface area contributed by atoms with E-state index in [0.717, 1.165) is 12.1 Å². The van der Waals surface area contributed by atoms with Crippen LogP contribution in [0.1, 0.15) is 56.1 Å². The molecule has 0 bridgehead atoms. The molecule has 2 heterocycles. The van der Waals surface area contributed by atoms with Gasteiger partial charge in [-0.05, 0) is 131 Å². The van der Waals surface area contributed by atoms with Crippen LogP contribution in [0, 0.1) is 12.3 Å². The van der Waals surface area contributed by atoms with E-state index in [0.29, 0.717) is 11.5 Å². The fourth-order valence-electron chi connectivity index (χ4n) is 6.02. The smallest absolute Gasteiger partial charge is 0.0705 e. The van der Waals surface area contributed by atoms with E-state index in [2.05, 4.69) is 76.0 Å². The highest BCUT2D eigenvalue weighted by Gasteiger charge is 2.41. The Balaban J connectivity index is 1.02. The molecule has 3 aromatic rings. The Labute approximate surface area is 225 Å². The predicted octanol–water partition coefficient (Wildman–Crippen LogP) is 7.02. The molecule has 36 heavy (non-hydrogen) atoms. The van der Waals surface area contributed by atoms with Crippen molar-refractivity contribution in [3.05, 3.63) is 65.9 Å². The van der Waals surface area contributed by atoms with E-state index in [1.54, 1.807) is 11.9 Å². The summed E-state index contributed by atoms with van der Waals surface area (Å²) >= 11 is 3.61.